The van der Waals surface area contributed by atoms with Crippen molar-refractivity contribution < 1.29 is 0 Å². The van der Waals surface area contributed by atoms with Gasteiger partial charge in [0, 0.05) is 11.6 Å². The number of anilines is 1. The van der Waals surface area contributed by atoms with E-state index in [0.29, 0.717) is 11.5 Å². The van der Waals surface area contributed by atoms with Crippen LogP contribution in [-0.2, 0) is 0 Å². The molecule has 0 fully saturated rings. The lowest BCUT2D eigenvalue weighted by molar-refractivity contribution is 1.09. The number of pyridine rings is 1. The van der Waals surface area contributed by atoms with E-state index < -0.39 is 0 Å². The monoisotopic (exact) mass is 292 g/mol. The summed E-state index contributed by atoms with van der Waals surface area (Å²) >= 11 is 0. The third kappa shape index (κ3) is 2.85. The minimum atomic E-state index is 0.328. The molecule has 0 radical (unpaired) electrons. The molecule has 1 aromatic carbocycles. The predicted molar refractivity (Wildman–Crippen MR) is 91.3 cm³/mol. The molecule has 6 nitrogen and oxygen atoms in total. The van der Waals surface area contributed by atoms with Gasteiger partial charge in [0.25, 0.3) is 0 Å². The van der Waals surface area contributed by atoms with E-state index in [1.54, 1.807) is 6.20 Å². The van der Waals surface area contributed by atoms with Gasteiger partial charge >= 0.3 is 0 Å². The SMILES string of the molecule is C=CCCC1=NN=C(N)/C1=N/Nc1ccc2ncccc2c1. The molecule has 0 unspecified atom stereocenters. The van der Waals surface area contributed by atoms with Crippen LogP contribution in [0, 0.1) is 0 Å². The zero-order valence-electron chi connectivity index (χ0n) is 12.0. The van der Waals surface area contributed by atoms with Crippen LogP contribution in [0.3, 0.4) is 0 Å². The molecule has 1 aliphatic rings. The van der Waals surface area contributed by atoms with Crippen LogP contribution in [0.1, 0.15) is 12.8 Å². The first-order valence-corrected chi connectivity index (χ1v) is 6.98. The molecule has 0 spiro atoms. The molecule has 110 valence electrons. The van der Waals surface area contributed by atoms with E-state index in [9.17, 15) is 0 Å². The fourth-order valence-corrected chi connectivity index (χ4v) is 2.15. The van der Waals surface area contributed by atoms with E-state index >= 15 is 0 Å². The van der Waals surface area contributed by atoms with Crippen LogP contribution in [0.25, 0.3) is 10.9 Å². The number of hydrogen-bond donors (Lipinski definition) is 2. The number of hydrazone groups is 1. The maximum atomic E-state index is 5.82. The van der Waals surface area contributed by atoms with Crippen LogP contribution in [0.4, 0.5) is 5.69 Å². The molecule has 0 saturated carbocycles. The second-order valence-electron chi connectivity index (χ2n) is 4.84. The molecule has 2 aromatic rings. The van der Waals surface area contributed by atoms with Crippen molar-refractivity contribution in [3.8, 4) is 0 Å². The Bertz CT molecular complexity index is 803. The summed E-state index contributed by atoms with van der Waals surface area (Å²) in [4.78, 5) is 4.29. The van der Waals surface area contributed by atoms with Crippen molar-refractivity contribution in [2.24, 2.45) is 21.0 Å². The van der Waals surface area contributed by atoms with Crippen molar-refractivity contribution in [2.75, 3.05) is 5.43 Å². The van der Waals surface area contributed by atoms with Crippen molar-refractivity contribution in [3.05, 3.63) is 49.2 Å². The molecule has 0 aliphatic carbocycles. The van der Waals surface area contributed by atoms with E-state index in [1.807, 2.05) is 36.4 Å². The Labute approximate surface area is 128 Å². The first-order valence-electron chi connectivity index (χ1n) is 6.98. The topological polar surface area (TPSA) is 88.0 Å². The number of rotatable bonds is 5. The van der Waals surface area contributed by atoms with Crippen LogP contribution in [-0.4, -0.2) is 22.2 Å². The Morgan fingerprint density at radius 1 is 1.27 bits per heavy atom. The molecule has 6 heteroatoms. The van der Waals surface area contributed by atoms with E-state index in [0.717, 1.165) is 35.1 Å². The summed E-state index contributed by atoms with van der Waals surface area (Å²) in [6, 6.07) is 9.75. The highest BCUT2D eigenvalue weighted by Gasteiger charge is 2.18. The molecule has 0 amide bonds. The second-order valence-corrected chi connectivity index (χ2v) is 4.84. The molecular formula is C16H16N6. The number of amidine groups is 1. The lowest BCUT2D eigenvalue weighted by Gasteiger charge is -2.05. The molecule has 22 heavy (non-hydrogen) atoms. The average Bonchev–Trinajstić information content (AvgIpc) is 2.90. The van der Waals surface area contributed by atoms with E-state index in [-0.39, 0.29) is 0 Å². The number of nitrogens with zero attached hydrogens (tertiary/aromatic N) is 4. The first-order chi connectivity index (χ1) is 10.8. The molecule has 0 bridgehead atoms. The van der Waals surface area contributed by atoms with Crippen molar-refractivity contribution in [1.29, 1.82) is 0 Å². The van der Waals surface area contributed by atoms with Gasteiger partial charge in [-0.25, -0.2) is 0 Å². The minimum absolute atomic E-state index is 0.328. The summed E-state index contributed by atoms with van der Waals surface area (Å²) in [5.41, 5.74) is 12.0. The number of benzene rings is 1. The standard InChI is InChI=1S/C16H16N6/c1-2-3-6-14-15(16(17)22-20-14)21-19-12-7-8-13-11(10-12)5-4-9-18-13/h2,4-5,7-10,19H,1,3,6H2,(H2,17,21,22). The lowest BCUT2D eigenvalue weighted by atomic mass is 10.1. The van der Waals surface area contributed by atoms with E-state index in [1.165, 1.54) is 0 Å². The molecular weight excluding hydrogens is 276 g/mol. The van der Waals surface area contributed by atoms with Gasteiger partial charge in [0.1, 0.15) is 0 Å². The maximum Gasteiger partial charge on any atom is 0.175 e. The van der Waals surface area contributed by atoms with Crippen molar-refractivity contribution in [2.45, 2.75) is 12.8 Å². The normalized spacial score (nSPS) is 15.7. The summed E-state index contributed by atoms with van der Waals surface area (Å²) in [6.45, 7) is 3.70. The number of nitrogens with two attached hydrogens (primary N) is 1. The van der Waals surface area contributed by atoms with E-state index in [2.05, 4.69) is 32.3 Å². The number of hydrogen-bond acceptors (Lipinski definition) is 6. The summed E-state index contributed by atoms with van der Waals surface area (Å²) in [5.74, 6) is 0.328. The highest BCUT2D eigenvalue weighted by molar-refractivity contribution is 6.69. The zero-order chi connectivity index (χ0) is 15.4. The lowest BCUT2D eigenvalue weighted by Crippen LogP contribution is -2.28. The fraction of sp³-hybridized carbons (Fsp3) is 0.125. The smallest absolute Gasteiger partial charge is 0.175 e. The van der Waals surface area contributed by atoms with Gasteiger partial charge in [-0.05, 0) is 37.1 Å². The average molecular weight is 292 g/mol. The molecule has 1 aliphatic heterocycles. The van der Waals surface area contributed by atoms with Gasteiger partial charge in [0.15, 0.2) is 11.5 Å². The molecule has 1 aromatic heterocycles. The van der Waals surface area contributed by atoms with Gasteiger partial charge in [-0.2, -0.15) is 10.2 Å². The van der Waals surface area contributed by atoms with Gasteiger partial charge in [0.2, 0.25) is 0 Å². The summed E-state index contributed by atoms with van der Waals surface area (Å²) < 4.78 is 0. The Morgan fingerprint density at radius 3 is 3.05 bits per heavy atom. The zero-order valence-corrected chi connectivity index (χ0v) is 12.0. The van der Waals surface area contributed by atoms with Gasteiger partial charge in [-0.15, -0.1) is 11.7 Å². The Morgan fingerprint density at radius 2 is 2.18 bits per heavy atom. The van der Waals surface area contributed by atoms with Gasteiger partial charge in [0.05, 0.1) is 16.9 Å². The molecule has 0 atom stereocenters. The third-order valence-electron chi connectivity index (χ3n) is 3.28. The highest BCUT2D eigenvalue weighted by Crippen LogP contribution is 2.17. The largest absolute Gasteiger partial charge is 0.380 e. The summed E-state index contributed by atoms with van der Waals surface area (Å²) in [6.07, 6.45) is 5.13. The molecule has 3 N–H and O–H groups in total. The third-order valence-corrected chi connectivity index (χ3v) is 3.28. The van der Waals surface area contributed by atoms with E-state index in [4.69, 9.17) is 5.73 Å². The van der Waals surface area contributed by atoms with Crippen molar-refractivity contribution >= 4 is 33.8 Å². The van der Waals surface area contributed by atoms with Crippen LogP contribution in [0.15, 0.2) is 64.5 Å². The van der Waals surface area contributed by atoms with Crippen LogP contribution >= 0.6 is 0 Å². The Kier molecular flexibility index (Phi) is 3.91. The summed E-state index contributed by atoms with van der Waals surface area (Å²) in [5, 5.41) is 13.3. The first kappa shape index (κ1) is 13.9. The molecule has 3 rings (SSSR count). The predicted octanol–water partition coefficient (Wildman–Crippen LogP) is 2.70. The molecule has 0 saturated heterocycles. The summed E-state index contributed by atoms with van der Waals surface area (Å²) in [7, 11) is 0. The number of allylic oxidation sites excluding steroid dienone is 1. The van der Waals surface area contributed by atoms with Gasteiger partial charge < -0.3 is 5.73 Å². The van der Waals surface area contributed by atoms with Crippen LogP contribution in [0.2, 0.25) is 0 Å². The molecule has 2 heterocycles. The Hall–Kier alpha value is -3.02. The van der Waals surface area contributed by atoms with Crippen LogP contribution < -0.4 is 11.2 Å². The minimum Gasteiger partial charge on any atom is -0.380 e. The number of aromatic nitrogens is 1. The quantitative estimate of drug-likeness (QED) is 0.656. The highest BCUT2D eigenvalue weighted by atomic mass is 15.3. The van der Waals surface area contributed by atoms with Gasteiger partial charge in [-0.1, -0.05) is 12.1 Å². The maximum absolute atomic E-state index is 5.82. The Balaban J connectivity index is 1.80. The number of fused-ring (bicyclic) bond motifs is 1. The van der Waals surface area contributed by atoms with Gasteiger partial charge in [-0.3, -0.25) is 10.4 Å². The fourth-order valence-electron chi connectivity index (χ4n) is 2.15. The second kappa shape index (κ2) is 6.17. The number of nitrogens with one attached hydrogen (secondary N) is 1. The van der Waals surface area contributed by atoms with Crippen LogP contribution in [0.5, 0.6) is 0 Å². The van der Waals surface area contributed by atoms with Crippen molar-refractivity contribution in [1.82, 2.24) is 4.98 Å². The van der Waals surface area contributed by atoms with Crippen molar-refractivity contribution in [3.63, 3.8) is 0 Å².